The highest BCUT2D eigenvalue weighted by molar-refractivity contribution is 6.99. The van der Waals surface area contributed by atoms with Crippen LogP contribution in [0.1, 0.15) is 80.6 Å². The second kappa shape index (κ2) is 14.3. The van der Waals surface area contributed by atoms with Crippen molar-refractivity contribution < 1.29 is 14.0 Å². The molecule has 3 nitrogen and oxygen atoms in total. The lowest BCUT2D eigenvalue weighted by atomic mass is 10.0. The van der Waals surface area contributed by atoms with Gasteiger partial charge in [-0.25, -0.2) is 0 Å². The minimum Gasteiger partial charge on any atom is -0.463 e. The van der Waals surface area contributed by atoms with Gasteiger partial charge in [0.2, 0.25) is 0 Å². The highest BCUT2D eigenvalue weighted by atomic mass is 28.4. The van der Waals surface area contributed by atoms with Crippen LogP contribution in [0.2, 0.25) is 5.04 Å². The molecule has 0 radical (unpaired) electrons. The quantitative estimate of drug-likeness (QED) is 0.162. The van der Waals surface area contributed by atoms with Gasteiger partial charge in [0.05, 0.1) is 6.61 Å². The second-order valence-electron chi connectivity index (χ2n) is 10.8. The van der Waals surface area contributed by atoms with Crippen molar-refractivity contribution in [3.05, 3.63) is 84.0 Å². The zero-order valence-electron chi connectivity index (χ0n) is 23.5. The van der Waals surface area contributed by atoms with Gasteiger partial charge in [0, 0.05) is 6.92 Å². The molecule has 2 aromatic carbocycles. The van der Waals surface area contributed by atoms with Crippen molar-refractivity contribution in [2.45, 2.75) is 91.7 Å². The summed E-state index contributed by atoms with van der Waals surface area (Å²) in [5.74, 6) is -0.190. The first kappa shape index (κ1) is 29.8. The van der Waals surface area contributed by atoms with Crippen LogP contribution < -0.4 is 10.4 Å². The lowest BCUT2D eigenvalue weighted by molar-refractivity contribution is -0.146. The van der Waals surface area contributed by atoms with E-state index in [0.717, 1.165) is 32.1 Å². The van der Waals surface area contributed by atoms with E-state index in [1.165, 1.54) is 28.4 Å². The molecule has 0 aliphatic heterocycles. The molecule has 0 aliphatic rings. The highest BCUT2D eigenvalue weighted by Gasteiger charge is 2.49. The molecule has 0 saturated heterocycles. The molecule has 1 atom stereocenters. The number of hydrogen-bond donors (Lipinski definition) is 0. The van der Waals surface area contributed by atoms with Crippen molar-refractivity contribution in [1.29, 1.82) is 0 Å². The van der Waals surface area contributed by atoms with Gasteiger partial charge in [-0.1, -0.05) is 112 Å². The fourth-order valence-corrected chi connectivity index (χ4v) is 9.28. The monoisotopic (exact) mass is 506 g/mol. The van der Waals surface area contributed by atoms with Crippen LogP contribution in [0.15, 0.2) is 84.0 Å². The van der Waals surface area contributed by atoms with E-state index >= 15 is 0 Å². The first-order chi connectivity index (χ1) is 17.1. The minimum atomic E-state index is -2.49. The first-order valence-corrected chi connectivity index (χ1v) is 15.2. The molecule has 2 aromatic rings. The van der Waals surface area contributed by atoms with E-state index in [-0.39, 0.29) is 17.1 Å². The van der Waals surface area contributed by atoms with Gasteiger partial charge < -0.3 is 9.16 Å². The third-order valence-electron chi connectivity index (χ3n) is 6.83. The second-order valence-corrected chi connectivity index (χ2v) is 15.1. The third-order valence-corrected chi connectivity index (χ3v) is 11.8. The maximum absolute atomic E-state index is 11.2. The van der Waals surface area contributed by atoms with Gasteiger partial charge in [0.15, 0.2) is 0 Å². The van der Waals surface area contributed by atoms with Crippen molar-refractivity contribution in [3.8, 4) is 0 Å². The van der Waals surface area contributed by atoms with E-state index in [9.17, 15) is 4.79 Å². The molecule has 0 bridgehead atoms. The van der Waals surface area contributed by atoms with Crippen LogP contribution in [-0.2, 0) is 14.0 Å². The number of esters is 1. The minimum absolute atomic E-state index is 0.0141. The molecule has 0 fully saturated rings. The van der Waals surface area contributed by atoms with Gasteiger partial charge in [-0.2, -0.15) is 0 Å². The number of rotatable bonds is 13. The number of benzene rings is 2. The number of carbonyl (C=O) groups excluding carboxylic acids is 1. The van der Waals surface area contributed by atoms with Crippen LogP contribution in [0.4, 0.5) is 0 Å². The average Bonchev–Trinajstić information content (AvgIpc) is 2.84. The van der Waals surface area contributed by atoms with Gasteiger partial charge in [0.25, 0.3) is 8.32 Å². The van der Waals surface area contributed by atoms with E-state index in [4.69, 9.17) is 9.16 Å². The Bertz CT molecular complexity index is 948. The summed E-state index contributed by atoms with van der Waals surface area (Å²) in [6.07, 6.45) is 9.34. The maximum atomic E-state index is 11.2. The summed E-state index contributed by atoms with van der Waals surface area (Å²) >= 11 is 0. The summed E-state index contributed by atoms with van der Waals surface area (Å²) in [6, 6.07) is 21.6. The molecule has 0 spiro atoms. The van der Waals surface area contributed by atoms with Gasteiger partial charge in [-0.3, -0.25) is 4.79 Å². The Labute approximate surface area is 220 Å². The van der Waals surface area contributed by atoms with Crippen LogP contribution >= 0.6 is 0 Å². The van der Waals surface area contributed by atoms with Crippen molar-refractivity contribution in [2.75, 3.05) is 6.61 Å². The fourth-order valence-electron chi connectivity index (χ4n) is 4.79. The van der Waals surface area contributed by atoms with Crippen LogP contribution in [0.5, 0.6) is 0 Å². The lowest BCUT2D eigenvalue weighted by Crippen LogP contribution is -2.66. The maximum Gasteiger partial charge on any atom is 0.302 e. The predicted octanol–water partition coefficient (Wildman–Crippen LogP) is 7.36. The van der Waals surface area contributed by atoms with E-state index in [2.05, 4.69) is 114 Å². The van der Waals surface area contributed by atoms with E-state index in [1.54, 1.807) is 0 Å². The Balaban J connectivity index is 2.06. The smallest absolute Gasteiger partial charge is 0.302 e. The molecule has 0 saturated carbocycles. The molecular formula is C32H46O3Si. The first-order valence-electron chi connectivity index (χ1n) is 13.3. The van der Waals surface area contributed by atoms with Crippen LogP contribution in [0.3, 0.4) is 0 Å². The van der Waals surface area contributed by atoms with Crippen molar-refractivity contribution in [2.24, 2.45) is 0 Å². The topological polar surface area (TPSA) is 35.5 Å². The molecular weight excluding hydrogens is 460 g/mol. The van der Waals surface area contributed by atoms with Gasteiger partial charge in [-0.15, -0.1) is 0 Å². The Kier molecular flexibility index (Phi) is 11.9. The number of ether oxygens (including phenoxy) is 1. The number of carbonyl (C=O) groups is 1. The van der Waals surface area contributed by atoms with E-state index in [1.807, 2.05) is 0 Å². The van der Waals surface area contributed by atoms with Gasteiger partial charge >= 0.3 is 5.97 Å². The number of allylic oxidation sites excluding steroid dienone is 3. The SMILES string of the molecule is CCC(CC/C(C)=C/CC/C(C)=C/CO[Si](c1ccccc1)(c1ccccc1)C(C)(C)C)OC(C)=O. The molecule has 0 aromatic heterocycles. The molecule has 0 aliphatic carbocycles. The summed E-state index contributed by atoms with van der Waals surface area (Å²) in [5.41, 5.74) is 2.71. The van der Waals surface area contributed by atoms with E-state index in [0.29, 0.717) is 6.61 Å². The summed E-state index contributed by atoms with van der Waals surface area (Å²) < 4.78 is 12.3. The highest BCUT2D eigenvalue weighted by Crippen LogP contribution is 2.36. The zero-order valence-corrected chi connectivity index (χ0v) is 24.5. The Morgan fingerprint density at radius 1 is 0.861 bits per heavy atom. The zero-order chi connectivity index (χ0) is 26.6. The molecule has 4 heteroatoms. The molecule has 0 amide bonds. The van der Waals surface area contributed by atoms with Crippen molar-refractivity contribution >= 4 is 24.7 Å². The Morgan fingerprint density at radius 3 is 1.86 bits per heavy atom. The molecule has 196 valence electrons. The molecule has 1 unspecified atom stereocenters. The molecule has 0 heterocycles. The standard InChI is InChI=1S/C32H46O3Si/c1-8-29(35-28(4)33)23-22-26(2)16-15-17-27(3)24-25-34-36(32(5,6)7,30-18-11-9-12-19-30)31-20-13-10-14-21-31/h9-14,16,18-21,24,29H,8,15,17,22-23,25H2,1-7H3/b26-16+,27-24+. The van der Waals surface area contributed by atoms with E-state index < -0.39 is 8.32 Å². The largest absolute Gasteiger partial charge is 0.463 e. The molecule has 36 heavy (non-hydrogen) atoms. The van der Waals surface area contributed by atoms with Crippen molar-refractivity contribution in [1.82, 2.24) is 0 Å². The molecule has 0 N–H and O–H groups in total. The fraction of sp³-hybridized carbons (Fsp3) is 0.469. The third kappa shape index (κ3) is 8.60. The van der Waals surface area contributed by atoms with Crippen LogP contribution in [0.25, 0.3) is 0 Å². The summed E-state index contributed by atoms with van der Waals surface area (Å²) in [6.45, 7) is 15.5. The number of hydrogen-bond acceptors (Lipinski definition) is 3. The van der Waals surface area contributed by atoms with Crippen molar-refractivity contribution in [3.63, 3.8) is 0 Å². The van der Waals surface area contributed by atoms with Gasteiger partial charge in [0.1, 0.15) is 6.10 Å². The average molecular weight is 507 g/mol. The van der Waals surface area contributed by atoms with Crippen LogP contribution in [0, 0.1) is 0 Å². The summed E-state index contributed by atoms with van der Waals surface area (Å²) in [4.78, 5) is 11.2. The molecule has 2 rings (SSSR count). The van der Waals surface area contributed by atoms with Crippen LogP contribution in [-0.4, -0.2) is 27.0 Å². The van der Waals surface area contributed by atoms with Gasteiger partial charge in [-0.05, 0) is 61.4 Å². The normalized spacial score (nSPS) is 14.0. The summed E-state index contributed by atoms with van der Waals surface area (Å²) in [5, 5.41) is 2.61. The Hall–Kier alpha value is -2.43. The predicted molar refractivity (Wildman–Crippen MR) is 155 cm³/mol. The summed E-state index contributed by atoms with van der Waals surface area (Å²) in [7, 11) is -2.49. The lowest BCUT2D eigenvalue weighted by Gasteiger charge is -2.42. The Morgan fingerprint density at radius 2 is 1.39 bits per heavy atom.